The van der Waals surface area contributed by atoms with Crippen LogP contribution in [0.15, 0.2) is 48.5 Å². The van der Waals surface area contributed by atoms with Gasteiger partial charge >= 0.3 is 6.03 Å². The number of hydrogen-bond donors (Lipinski definition) is 1. The number of ether oxygens (including phenoxy) is 1. The summed E-state index contributed by atoms with van der Waals surface area (Å²) in [6.07, 6.45) is 1.77. The second-order valence-corrected chi connectivity index (χ2v) is 7.33. The van der Waals surface area contributed by atoms with E-state index in [9.17, 15) is 9.59 Å². The number of methoxy groups -OCH3 is 1. The Morgan fingerprint density at radius 2 is 1.46 bits per heavy atom. The molecule has 1 heterocycles. The van der Waals surface area contributed by atoms with Crippen LogP contribution in [0.5, 0.6) is 5.75 Å². The maximum absolute atomic E-state index is 12.6. The molecule has 3 amide bonds. The predicted molar refractivity (Wildman–Crippen MR) is 107 cm³/mol. The summed E-state index contributed by atoms with van der Waals surface area (Å²) in [6.45, 7) is 2.19. The molecule has 0 radical (unpaired) electrons. The van der Waals surface area contributed by atoms with Crippen molar-refractivity contribution in [2.45, 2.75) is 18.9 Å². The molecule has 0 atom stereocenters. The maximum atomic E-state index is 12.6. The molecular formula is C22H25N3O3. The van der Waals surface area contributed by atoms with E-state index in [0.717, 1.165) is 18.6 Å². The molecule has 1 N–H and O–H groups in total. The summed E-state index contributed by atoms with van der Waals surface area (Å²) in [5, 5.41) is 3.15. The average molecular weight is 379 g/mol. The number of nitrogens with one attached hydrogen (secondary N) is 1. The zero-order valence-corrected chi connectivity index (χ0v) is 16.1. The number of amides is 3. The van der Waals surface area contributed by atoms with Gasteiger partial charge in [-0.15, -0.1) is 0 Å². The van der Waals surface area contributed by atoms with Crippen molar-refractivity contribution in [1.29, 1.82) is 0 Å². The highest BCUT2D eigenvalue weighted by atomic mass is 16.5. The lowest BCUT2D eigenvalue weighted by Gasteiger charge is -2.35. The van der Waals surface area contributed by atoms with Gasteiger partial charge in [-0.3, -0.25) is 4.79 Å². The SMILES string of the molecule is COc1ccc(C(=O)N2CCN(C(=O)NC3Cc4ccccc4C3)CC2)cc1. The number of carbonyl (C=O) groups excluding carboxylic acids is 2. The van der Waals surface area contributed by atoms with Crippen molar-refractivity contribution < 1.29 is 14.3 Å². The van der Waals surface area contributed by atoms with E-state index in [-0.39, 0.29) is 18.0 Å². The van der Waals surface area contributed by atoms with Crippen molar-refractivity contribution in [2.24, 2.45) is 0 Å². The van der Waals surface area contributed by atoms with Crippen LogP contribution in [0.3, 0.4) is 0 Å². The fourth-order valence-corrected chi connectivity index (χ4v) is 3.96. The Kier molecular flexibility index (Phi) is 5.19. The summed E-state index contributed by atoms with van der Waals surface area (Å²) in [7, 11) is 1.60. The van der Waals surface area contributed by atoms with Crippen LogP contribution in [0, 0.1) is 0 Å². The molecule has 4 rings (SSSR count). The first-order chi connectivity index (χ1) is 13.6. The van der Waals surface area contributed by atoms with Gasteiger partial charge < -0.3 is 19.9 Å². The average Bonchev–Trinajstić information content (AvgIpc) is 3.15. The molecule has 0 aromatic heterocycles. The van der Waals surface area contributed by atoms with E-state index in [1.54, 1.807) is 41.2 Å². The first-order valence-corrected chi connectivity index (χ1v) is 9.69. The molecule has 2 aromatic carbocycles. The highest BCUT2D eigenvalue weighted by molar-refractivity contribution is 5.94. The quantitative estimate of drug-likeness (QED) is 0.890. The van der Waals surface area contributed by atoms with Crippen LogP contribution >= 0.6 is 0 Å². The van der Waals surface area contributed by atoms with Crippen LogP contribution < -0.4 is 10.1 Å². The van der Waals surface area contributed by atoms with Gasteiger partial charge in [-0.2, -0.15) is 0 Å². The lowest BCUT2D eigenvalue weighted by molar-refractivity contribution is 0.0663. The molecule has 0 bridgehead atoms. The molecule has 1 fully saturated rings. The molecule has 2 aliphatic rings. The van der Waals surface area contributed by atoms with Crippen molar-refractivity contribution in [2.75, 3.05) is 33.3 Å². The second-order valence-electron chi connectivity index (χ2n) is 7.33. The number of urea groups is 1. The number of fused-ring (bicyclic) bond motifs is 1. The minimum Gasteiger partial charge on any atom is -0.497 e. The lowest BCUT2D eigenvalue weighted by Crippen LogP contribution is -2.54. The van der Waals surface area contributed by atoms with Crippen LogP contribution in [0.25, 0.3) is 0 Å². The van der Waals surface area contributed by atoms with Gasteiger partial charge in [-0.25, -0.2) is 4.79 Å². The number of rotatable bonds is 3. The molecule has 146 valence electrons. The summed E-state index contributed by atoms with van der Waals surface area (Å²) < 4.78 is 5.13. The van der Waals surface area contributed by atoms with Crippen LogP contribution in [0.2, 0.25) is 0 Å². The van der Waals surface area contributed by atoms with E-state index in [2.05, 4.69) is 17.4 Å². The van der Waals surface area contributed by atoms with Crippen molar-refractivity contribution in [3.8, 4) is 5.75 Å². The number of nitrogens with zero attached hydrogens (tertiary/aromatic N) is 2. The van der Waals surface area contributed by atoms with E-state index in [0.29, 0.717) is 31.7 Å². The van der Waals surface area contributed by atoms with Crippen LogP contribution in [0.4, 0.5) is 4.79 Å². The van der Waals surface area contributed by atoms with E-state index in [1.807, 2.05) is 12.1 Å². The molecule has 6 heteroatoms. The Labute approximate surface area is 165 Å². The smallest absolute Gasteiger partial charge is 0.317 e. The topological polar surface area (TPSA) is 61.9 Å². The Hall–Kier alpha value is -3.02. The standard InChI is InChI=1S/C22H25N3O3/c1-28-20-8-6-16(7-9-20)21(26)24-10-12-25(13-11-24)22(27)23-19-14-17-4-2-3-5-18(17)15-19/h2-9,19H,10-15H2,1H3,(H,23,27). The van der Waals surface area contributed by atoms with E-state index in [1.165, 1.54) is 11.1 Å². The van der Waals surface area contributed by atoms with E-state index in [4.69, 9.17) is 4.74 Å². The minimum absolute atomic E-state index is 0.00560. The summed E-state index contributed by atoms with van der Waals surface area (Å²) in [4.78, 5) is 28.9. The van der Waals surface area contributed by atoms with Gasteiger partial charge in [-0.1, -0.05) is 24.3 Å². The molecule has 1 saturated heterocycles. The van der Waals surface area contributed by atoms with Gasteiger partial charge in [0.15, 0.2) is 0 Å². The van der Waals surface area contributed by atoms with E-state index < -0.39 is 0 Å². The van der Waals surface area contributed by atoms with Crippen LogP contribution in [0.1, 0.15) is 21.5 Å². The summed E-state index contributed by atoms with van der Waals surface area (Å²) in [6, 6.07) is 15.6. The molecule has 1 aliphatic heterocycles. The second kappa shape index (κ2) is 7.92. The third-order valence-corrected chi connectivity index (χ3v) is 5.57. The maximum Gasteiger partial charge on any atom is 0.317 e. The van der Waals surface area contributed by atoms with Crippen LogP contribution in [-0.4, -0.2) is 61.1 Å². The number of carbonyl (C=O) groups is 2. The Morgan fingerprint density at radius 1 is 0.893 bits per heavy atom. The molecule has 0 saturated carbocycles. The highest BCUT2D eigenvalue weighted by Crippen LogP contribution is 2.22. The first kappa shape index (κ1) is 18.3. The highest BCUT2D eigenvalue weighted by Gasteiger charge is 2.28. The normalized spacial score (nSPS) is 16.6. The molecular weight excluding hydrogens is 354 g/mol. The van der Waals surface area contributed by atoms with Gasteiger partial charge in [0.2, 0.25) is 0 Å². The molecule has 1 aliphatic carbocycles. The number of hydrogen-bond acceptors (Lipinski definition) is 3. The first-order valence-electron chi connectivity index (χ1n) is 9.69. The van der Waals surface area contributed by atoms with Crippen molar-refractivity contribution in [1.82, 2.24) is 15.1 Å². The van der Waals surface area contributed by atoms with Gasteiger partial charge in [0.1, 0.15) is 5.75 Å². The van der Waals surface area contributed by atoms with Gasteiger partial charge in [-0.05, 0) is 48.2 Å². The van der Waals surface area contributed by atoms with Crippen molar-refractivity contribution in [3.05, 3.63) is 65.2 Å². The Bertz CT molecular complexity index is 833. The third kappa shape index (κ3) is 3.81. The van der Waals surface area contributed by atoms with Crippen molar-refractivity contribution >= 4 is 11.9 Å². The largest absolute Gasteiger partial charge is 0.497 e. The van der Waals surface area contributed by atoms with Gasteiger partial charge in [0.25, 0.3) is 5.91 Å². The summed E-state index contributed by atoms with van der Waals surface area (Å²) in [5.74, 6) is 0.723. The predicted octanol–water partition coefficient (Wildman–Crippen LogP) is 2.33. The van der Waals surface area contributed by atoms with Gasteiger partial charge in [0, 0.05) is 37.8 Å². The molecule has 6 nitrogen and oxygen atoms in total. The number of piperazine rings is 1. The van der Waals surface area contributed by atoms with Crippen LogP contribution in [-0.2, 0) is 12.8 Å². The summed E-state index contributed by atoms with van der Waals surface area (Å²) in [5.41, 5.74) is 3.29. The molecule has 0 unspecified atom stereocenters. The molecule has 28 heavy (non-hydrogen) atoms. The summed E-state index contributed by atoms with van der Waals surface area (Å²) >= 11 is 0. The third-order valence-electron chi connectivity index (χ3n) is 5.57. The zero-order valence-electron chi connectivity index (χ0n) is 16.1. The zero-order chi connectivity index (χ0) is 19.5. The van der Waals surface area contributed by atoms with Crippen molar-refractivity contribution in [3.63, 3.8) is 0 Å². The fourth-order valence-electron chi connectivity index (χ4n) is 3.96. The minimum atomic E-state index is -0.0330. The van der Waals surface area contributed by atoms with Gasteiger partial charge in [0.05, 0.1) is 7.11 Å². The lowest BCUT2D eigenvalue weighted by atomic mass is 10.1. The fraction of sp³-hybridized carbons (Fsp3) is 0.364. The molecule has 0 spiro atoms. The number of benzene rings is 2. The van der Waals surface area contributed by atoms with E-state index >= 15 is 0 Å². The monoisotopic (exact) mass is 379 g/mol. The Morgan fingerprint density at radius 3 is 2.04 bits per heavy atom. The Balaban J connectivity index is 1.28. The molecule has 2 aromatic rings.